The number of carbonyl (C=O) groups is 1. The van der Waals surface area contributed by atoms with Gasteiger partial charge >= 0.3 is 0 Å². The van der Waals surface area contributed by atoms with E-state index < -0.39 is 0 Å². The fraction of sp³-hybridized carbons (Fsp3) is 0.222. The number of hydrogen-bond donors (Lipinski definition) is 3. The molecule has 1 amide bonds. The highest BCUT2D eigenvalue weighted by atomic mass is 16.1. The summed E-state index contributed by atoms with van der Waals surface area (Å²) in [6.45, 7) is 2.26. The zero-order valence-electron chi connectivity index (χ0n) is 19.0. The van der Waals surface area contributed by atoms with Crippen LogP contribution >= 0.6 is 0 Å². The molecule has 170 valence electrons. The number of para-hydroxylation sites is 1. The Kier molecular flexibility index (Phi) is 4.92. The number of amides is 1. The van der Waals surface area contributed by atoms with Gasteiger partial charge in [-0.25, -0.2) is 0 Å². The zero-order chi connectivity index (χ0) is 23.1. The predicted octanol–water partition coefficient (Wildman–Crippen LogP) is 4.20. The third-order valence-electron chi connectivity index (χ3n) is 7.27. The second-order valence-electron chi connectivity index (χ2n) is 9.45. The summed E-state index contributed by atoms with van der Waals surface area (Å²) in [4.78, 5) is 17.4. The van der Waals surface area contributed by atoms with Crippen LogP contribution < -0.4 is 10.6 Å². The largest absolute Gasteiger partial charge is 0.355 e. The van der Waals surface area contributed by atoms with E-state index >= 15 is 0 Å². The van der Waals surface area contributed by atoms with Crippen molar-refractivity contribution in [3.8, 4) is 0 Å². The molecule has 7 nitrogen and oxygen atoms in total. The summed E-state index contributed by atoms with van der Waals surface area (Å²) in [7, 11) is 2.28. The molecule has 0 aliphatic carbocycles. The fourth-order valence-electron chi connectivity index (χ4n) is 5.23. The number of piperidine rings is 1. The number of benzene rings is 2. The van der Waals surface area contributed by atoms with Gasteiger partial charge in [0.1, 0.15) is 18.6 Å². The molecule has 2 aliphatic rings. The minimum absolute atomic E-state index is 0.0178. The van der Waals surface area contributed by atoms with Crippen molar-refractivity contribution in [2.45, 2.75) is 18.5 Å². The second kappa shape index (κ2) is 8.11. The van der Waals surface area contributed by atoms with Crippen molar-refractivity contribution < 1.29 is 9.28 Å². The van der Waals surface area contributed by atoms with E-state index in [1.165, 1.54) is 13.0 Å². The van der Waals surface area contributed by atoms with Crippen LogP contribution in [0.1, 0.15) is 28.2 Å². The number of quaternary nitrogens is 1. The zero-order valence-corrected chi connectivity index (χ0v) is 19.0. The van der Waals surface area contributed by atoms with Crippen molar-refractivity contribution in [3.05, 3.63) is 83.8 Å². The number of carbonyl (C=O) groups excluding carboxylic acids is 1. The number of pyridine rings is 1. The summed E-state index contributed by atoms with van der Waals surface area (Å²) in [5, 5.41) is 15.2. The van der Waals surface area contributed by atoms with Crippen LogP contribution in [0.2, 0.25) is 0 Å². The smallest absolute Gasteiger partial charge is 0.254 e. The maximum absolute atomic E-state index is 13.1. The van der Waals surface area contributed by atoms with Crippen molar-refractivity contribution in [3.63, 3.8) is 0 Å². The molecule has 6 rings (SSSR count). The molecule has 3 atom stereocenters. The number of H-pyrrole nitrogens is 1. The summed E-state index contributed by atoms with van der Waals surface area (Å²) in [5.74, 6) is -0.0178. The van der Waals surface area contributed by atoms with Gasteiger partial charge in [0.2, 0.25) is 0 Å². The van der Waals surface area contributed by atoms with E-state index in [4.69, 9.17) is 0 Å². The van der Waals surface area contributed by atoms with Crippen LogP contribution in [-0.4, -0.2) is 57.8 Å². The highest BCUT2D eigenvalue weighted by Crippen LogP contribution is 2.38. The topological polar surface area (TPSA) is 82.7 Å². The average Bonchev–Trinajstić information content (AvgIpc) is 3.25. The summed E-state index contributed by atoms with van der Waals surface area (Å²) in [6, 6.07) is 20.4. The van der Waals surface area contributed by atoms with E-state index in [0.717, 1.165) is 44.7 Å². The Morgan fingerprint density at radius 3 is 2.76 bits per heavy atom. The number of nitrogens with one attached hydrogen (secondary N) is 3. The van der Waals surface area contributed by atoms with Crippen LogP contribution in [0.25, 0.3) is 23.1 Å². The second-order valence-corrected chi connectivity index (χ2v) is 9.45. The minimum Gasteiger partial charge on any atom is -0.355 e. The molecular weight excluding hydrogens is 424 g/mol. The maximum atomic E-state index is 13.1. The summed E-state index contributed by atoms with van der Waals surface area (Å²) in [6.07, 6.45) is 6.88. The summed E-state index contributed by atoms with van der Waals surface area (Å²) < 4.78 is 1.11. The summed E-state index contributed by atoms with van der Waals surface area (Å²) in [5.41, 5.74) is 5.00. The predicted molar refractivity (Wildman–Crippen MR) is 135 cm³/mol. The Morgan fingerprint density at radius 1 is 1.12 bits per heavy atom. The molecule has 2 saturated heterocycles. The molecular formula is C27H27N6O+. The van der Waals surface area contributed by atoms with E-state index in [1.807, 2.05) is 72.8 Å². The number of anilines is 2. The molecule has 4 aromatic rings. The number of rotatable bonds is 6. The van der Waals surface area contributed by atoms with E-state index in [1.54, 1.807) is 6.20 Å². The number of hydrogen-bond acceptors (Lipinski definition) is 4. The van der Waals surface area contributed by atoms with E-state index in [0.29, 0.717) is 11.6 Å². The Hall–Kier alpha value is -3.97. The Balaban J connectivity index is 1.19. The first kappa shape index (κ1) is 20.6. The lowest BCUT2D eigenvalue weighted by Crippen LogP contribution is -2.82. The molecule has 0 spiro atoms. The van der Waals surface area contributed by atoms with Crippen molar-refractivity contribution in [2.75, 3.05) is 25.5 Å². The van der Waals surface area contributed by atoms with Crippen molar-refractivity contribution in [1.82, 2.24) is 20.5 Å². The van der Waals surface area contributed by atoms with Crippen LogP contribution in [0.5, 0.6) is 0 Å². The Morgan fingerprint density at radius 2 is 2.00 bits per heavy atom. The van der Waals surface area contributed by atoms with Crippen LogP contribution in [0.15, 0.2) is 66.9 Å². The molecule has 3 N–H and O–H groups in total. The monoisotopic (exact) mass is 451 g/mol. The molecule has 0 bridgehead atoms. The van der Waals surface area contributed by atoms with Crippen LogP contribution in [-0.2, 0) is 0 Å². The normalized spacial score (nSPS) is 23.2. The third kappa shape index (κ3) is 3.64. The van der Waals surface area contributed by atoms with E-state index in [-0.39, 0.29) is 11.9 Å². The molecule has 2 aliphatic heterocycles. The molecule has 2 unspecified atom stereocenters. The number of aromatic amines is 1. The van der Waals surface area contributed by atoms with Gasteiger partial charge in [-0.2, -0.15) is 5.10 Å². The van der Waals surface area contributed by atoms with Gasteiger partial charge in [0.15, 0.2) is 0 Å². The van der Waals surface area contributed by atoms with E-state index in [2.05, 4.69) is 32.9 Å². The Labute approximate surface area is 198 Å². The van der Waals surface area contributed by atoms with Crippen LogP contribution in [0.3, 0.4) is 0 Å². The highest BCUT2D eigenvalue weighted by Gasteiger charge is 2.58. The first-order valence-corrected chi connectivity index (χ1v) is 11.7. The highest BCUT2D eigenvalue weighted by molar-refractivity contribution is 6.01. The molecule has 2 aromatic heterocycles. The molecule has 4 heterocycles. The molecule has 2 fully saturated rings. The lowest BCUT2D eigenvalue weighted by atomic mass is 9.81. The van der Waals surface area contributed by atoms with Gasteiger partial charge in [-0.1, -0.05) is 18.2 Å². The lowest BCUT2D eigenvalue weighted by molar-refractivity contribution is -1.01. The third-order valence-corrected chi connectivity index (χ3v) is 7.27. The van der Waals surface area contributed by atoms with Crippen molar-refractivity contribution in [2.24, 2.45) is 0 Å². The number of likely N-dealkylation sites (N-methyl/N-ethyl adjacent to an activating group) is 1. The van der Waals surface area contributed by atoms with Gasteiger partial charge in [-0.3, -0.25) is 14.9 Å². The van der Waals surface area contributed by atoms with Crippen molar-refractivity contribution >= 4 is 40.3 Å². The Bertz CT molecular complexity index is 1390. The lowest BCUT2D eigenvalue weighted by Gasteiger charge is -2.62. The van der Waals surface area contributed by atoms with Crippen molar-refractivity contribution in [1.29, 1.82) is 0 Å². The number of aromatic nitrogens is 3. The van der Waals surface area contributed by atoms with Gasteiger partial charge in [0.25, 0.3) is 5.91 Å². The van der Waals surface area contributed by atoms with Crippen LogP contribution in [0.4, 0.5) is 11.4 Å². The van der Waals surface area contributed by atoms with Gasteiger partial charge in [-0.05, 0) is 54.6 Å². The van der Waals surface area contributed by atoms with Gasteiger partial charge < -0.3 is 15.1 Å². The molecule has 7 heteroatoms. The first-order chi connectivity index (χ1) is 16.6. The fourth-order valence-corrected chi connectivity index (χ4v) is 5.23. The number of fused-ring (bicyclic) bond motifs is 2. The van der Waals surface area contributed by atoms with Gasteiger partial charge in [0, 0.05) is 17.3 Å². The minimum atomic E-state index is -0.0178. The van der Waals surface area contributed by atoms with E-state index in [9.17, 15) is 4.79 Å². The quantitative estimate of drug-likeness (QED) is 0.384. The van der Waals surface area contributed by atoms with Crippen LogP contribution in [0, 0.1) is 0 Å². The molecule has 0 saturated carbocycles. The van der Waals surface area contributed by atoms with Gasteiger partial charge in [-0.15, -0.1) is 0 Å². The number of nitrogens with zero attached hydrogens (tertiary/aromatic N) is 3. The standard InChI is InChI=1S/C27H26N6O/c1-33-15-13-26(33)25(17-33)30-27(34)21-7-2-3-8-22(21)29-19-9-11-20-23(31-32-24(20)16-19)12-10-18-6-4-5-14-28-18/h2-12,14,16,25-26H,13,15,17H2,1H3,(H2-,28,29,30,31,32,34)/p+1/t25?,26-,33?/m1/s1. The molecule has 2 aromatic carbocycles. The average molecular weight is 452 g/mol. The summed E-state index contributed by atoms with van der Waals surface area (Å²) >= 11 is 0. The maximum Gasteiger partial charge on any atom is 0.254 e. The first-order valence-electron chi connectivity index (χ1n) is 11.7. The SMILES string of the molecule is C[N+]12CC[C@@H]1C(NC(=O)c1ccccc1Nc1ccc3c(/C=C/c4ccccn4)n[nH]c3c1)C2. The molecule has 34 heavy (non-hydrogen) atoms. The van der Waals surface area contributed by atoms with Gasteiger partial charge in [0.05, 0.1) is 48.2 Å². The molecule has 0 radical (unpaired) electrons.